The van der Waals surface area contributed by atoms with Crippen LogP contribution in [0.1, 0.15) is 106 Å². The smallest absolute Gasteiger partial charge is 0.228 e. The molecule has 0 radical (unpaired) electrons. The molecule has 0 N–H and O–H groups in total. The van der Waals surface area contributed by atoms with Gasteiger partial charge in [-0.3, -0.25) is 9.59 Å². The molecule has 33 heavy (non-hydrogen) atoms. The van der Waals surface area contributed by atoms with Gasteiger partial charge in [0.2, 0.25) is 23.1 Å². The van der Waals surface area contributed by atoms with E-state index >= 15 is 0 Å². The number of hydrogen-bond acceptors (Lipinski definition) is 4. The van der Waals surface area contributed by atoms with Gasteiger partial charge in [-0.2, -0.15) is 0 Å². The summed E-state index contributed by atoms with van der Waals surface area (Å²) in [7, 11) is 2.78. The van der Waals surface area contributed by atoms with Gasteiger partial charge in [0.25, 0.3) is 0 Å². The van der Waals surface area contributed by atoms with E-state index in [9.17, 15) is 9.59 Å². The number of hydrogen-bond donors (Lipinski definition) is 0. The number of Topliss-reactive ketones (excluding diaryl/α,β-unsaturated/α-hetero) is 2. The molecule has 0 saturated heterocycles. The van der Waals surface area contributed by atoms with E-state index in [1.807, 2.05) is 0 Å². The third-order valence-electron chi connectivity index (χ3n) is 6.89. The van der Waals surface area contributed by atoms with Gasteiger partial charge in [0.15, 0.2) is 0 Å². The Labute approximate surface area is 202 Å². The highest BCUT2D eigenvalue weighted by Crippen LogP contribution is 2.28. The van der Waals surface area contributed by atoms with Crippen molar-refractivity contribution in [1.82, 2.24) is 0 Å². The fraction of sp³-hybridized carbons (Fsp3) is 0.724. The molecule has 0 aromatic heterocycles. The van der Waals surface area contributed by atoms with Crippen molar-refractivity contribution in [2.75, 3.05) is 14.2 Å². The van der Waals surface area contributed by atoms with Gasteiger partial charge in [-0.05, 0) is 50.9 Å². The van der Waals surface area contributed by atoms with E-state index < -0.39 is 0 Å². The summed E-state index contributed by atoms with van der Waals surface area (Å²) in [6, 6.07) is 0. The Hall–Kier alpha value is -1.84. The van der Waals surface area contributed by atoms with Crippen LogP contribution < -0.4 is 0 Å². The molecule has 0 aliphatic heterocycles. The maximum atomic E-state index is 12.7. The molecule has 0 amide bonds. The van der Waals surface area contributed by atoms with Gasteiger partial charge in [0.1, 0.15) is 0 Å². The highest BCUT2D eigenvalue weighted by atomic mass is 16.5. The van der Waals surface area contributed by atoms with Crippen molar-refractivity contribution in [3.05, 3.63) is 34.3 Å². The van der Waals surface area contributed by atoms with E-state index in [4.69, 9.17) is 9.47 Å². The van der Waals surface area contributed by atoms with Gasteiger partial charge >= 0.3 is 0 Å². The lowest BCUT2D eigenvalue weighted by Gasteiger charge is -2.19. The Morgan fingerprint density at radius 1 is 0.788 bits per heavy atom. The number of rotatable bonds is 16. The monoisotopic (exact) mass is 460 g/mol. The number of ether oxygens (including phenoxy) is 2. The summed E-state index contributed by atoms with van der Waals surface area (Å²) in [5.41, 5.74) is 2.23. The topological polar surface area (TPSA) is 52.6 Å². The minimum Gasteiger partial charge on any atom is -0.489 e. The average molecular weight is 461 g/mol. The maximum Gasteiger partial charge on any atom is 0.228 e. The highest BCUT2D eigenvalue weighted by Gasteiger charge is 2.34. The molecule has 0 aromatic rings. The third-order valence-corrected chi connectivity index (χ3v) is 6.89. The van der Waals surface area contributed by atoms with Crippen molar-refractivity contribution in [3.63, 3.8) is 0 Å². The number of carbonyl (C=O) groups excluding carboxylic acids is 2. The standard InChI is InChI=1S/C29H48O4/c1-20(2)12-9-13-21(3)14-10-15-22(4)16-11-17-23(5)18-19-25-24(6)26(30)28(32-7)29(33-8)27(25)31/h18,20-22H,9-17,19H2,1-8H3/b23-18+/t21-,22+/m0/s1. The third kappa shape index (κ3) is 9.90. The van der Waals surface area contributed by atoms with E-state index in [1.54, 1.807) is 6.92 Å². The summed E-state index contributed by atoms with van der Waals surface area (Å²) in [5, 5.41) is 0. The lowest BCUT2D eigenvalue weighted by molar-refractivity contribution is -0.121. The molecule has 0 spiro atoms. The lowest BCUT2D eigenvalue weighted by Crippen LogP contribution is -2.24. The summed E-state index contributed by atoms with van der Waals surface area (Å²) in [6.45, 7) is 13.2. The predicted octanol–water partition coefficient (Wildman–Crippen LogP) is 7.73. The molecule has 0 heterocycles. The van der Waals surface area contributed by atoms with E-state index in [1.165, 1.54) is 64.7 Å². The van der Waals surface area contributed by atoms with Crippen LogP contribution in [-0.2, 0) is 19.1 Å². The largest absolute Gasteiger partial charge is 0.489 e. The molecule has 2 atom stereocenters. The van der Waals surface area contributed by atoms with Crippen molar-refractivity contribution in [2.24, 2.45) is 17.8 Å². The average Bonchev–Trinajstić information content (AvgIpc) is 2.75. The van der Waals surface area contributed by atoms with Crippen molar-refractivity contribution in [1.29, 1.82) is 0 Å². The van der Waals surface area contributed by atoms with E-state index in [0.717, 1.165) is 30.6 Å². The molecule has 1 rings (SSSR count). The lowest BCUT2D eigenvalue weighted by atomic mass is 9.90. The van der Waals surface area contributed by atoms with Crippen LogP contribution in [0.15, 0.2) is 34.3 Å². The first-order chi connectivity index (χ1) is 15.6. The second-order valence-corrected chi connectivity index (χ2v) is 10.4. The first-order valence-corrected chi connectivity index (χ1v) is 12.9. The highest BCUT2D eigenvalue weighted by molar-refractivity contribution is 6.23. The van der Waals surface area contributed by atoms with Crippen molar-refractivity contribution >= 4 is 11.6 Å². The summed E-state index contributed by atoms with van der Waals surface area (Å²) < 4.78 is 10.3. The second kappa shape index (κ2) is 15.1. The molecule has 1 aliphatic rings. The molecule has 0 unspecified atom stereocenters. The fourth-order valence-corrected chi connectivity index (χ4v) is 4.52. The van der Waals surface area contributed by atoms with Gasteiger partial charge in [0, 0.05) is 11.1 Å². The Balaban J connectivity index is 2.39. The molecule has 0 bridgehead atoms. The summed E-state index contributed by atoms with van der Waals surface area (Å²) in [6.07, 6.45) is 14.1. The van der Waals surface area contributed by atoms with Crippen LogP contribution in [-0.4, -0.2) is 25.8 Å². The zero-order valence-corrected chi connectivity index (χ0v) is 22.5. The van der Waals surface area contributed by atoms with Crippen molar-refractivity contribution < 1.29 is 19.1 Å². The second-order valence-electron chi connectivity index (χ2n) is 10.4. The minimum atomic E-state index is -0.266. The molecule has 1 aliphatic carbocycles. The summed E-state index contributed by atoms with van der Waals surface area (Å²) >= 11 is 0. The normalized spacial score (nSPS) is 17.2. The number of carbonyl (C=O) groups is 2. The molecule has 0 aromatic carbocycles. The Bertz CT molecular complexity index is 739. The summed E-state index contributed by atoms with van der Waals surface area (Å²) in [5.74, 6) is 1.93. The van der Waals surface area contributed by atoms with Crippen LogP contribution in [0.5, 0.6) is 0 Å². The fourth-order valence-electron chi connectivity index (χ4n) is 4.52. The van der Waals surface area contributed by atoms with Crippen molar-refractivity contribution in [3.8, 4) is 0 Å². The van der Waals surface area contributed by atoms with Gasteiger partial charge in [-0.1, -0.05) is 84.3 Å². The number of allylic oxidation sites excluding steroid dienone is 4. The van der Waals surface area contributed by atoms with Gasteiger partial charge < -0.3 is 9.47 Å². The van der Waals surface area contributed by atoms with Gasteiger partial charge in [-0.25, -0.2) is 0 Å². The number of methoxy groups -OCH3 is 2. The molecule has 188 valence electrons. The van der Waals surface area contributed by atoms with Crippen LogP contribution in [0.25, 0.3) is 0 Å². The predicted molar refractivity (Wildman–Crippen MR) is 137 cm³/mol. The Morgan fingerprint density at radius 3 is 1.79 bits per heavy atom. The summed E-state index contributed by atoms with van der Waals surface area (Å²) in [4.78, 5) is 25.2. The van der Waals surface area contributed by atoms with E-state index in [2.05, 4.69) is 40.7 Å². The van der Waals surface area contributed by atoms with E-state index in [-0.39, 0.29) is 23.1 Å². The molecule has 0 fully saturated rings. The molecule has 4 nitrogen and oxygen atoms in total. The maximum absolute atomic E-state index is 12.7. The van der Waals surface area contributed by atoms with Crippen molar-refractivity contribution in [2.45, 2.75) is 106 Å². The Kier molecular flexibility index (Phi) is 13.4. The first-order valence-electron chi connectivity index (χ1n) is 12.9. The van der Waals surface area contributed by atoms with Gasteiger partial charge in [-0.15, -0.1) is 0 Å². The molecular weight excluding hydrogens is 412 g/mol. The van der Waals surface area contributed by atoms with Crippen LogP contribution in [0.3, 0.4) is 0 Å². The van der Waals surface area contributed by atoms with E-state index in [0.29, 0.717) is 17.6 Å². The van der Waals surface area contributed by atoms with Crippen LogP contribution >= 0.6 is 0 Å². The van der Waals surface area contributed by atoms with Crippen LogP contribution in [0, 0.1) is 17.8 Å². The molecule has 0 saturated carbocycles. The zero-order valence-electron chi connectivity index (χ0n) is 22.5. The van der Waals surface area contributed by atoms with Crippen LogP contribution in [0.4, 0.5) is 0 Å². The first kappa shape index (κ1) is 29.2. The molecular formula is C29H48O4. The number of ketones is 2. The SMILES string of the molecule is COC1=C(OC)C(=O)C(C/C=C(\C)CCC[C@H](C)CCC[C@@H](C)CCCC(C)C)=C(C)C1=O. The minimum absolute atomic E-state index is 0.00314. The van der Waals surface area contributed by atoms with Crippen LogP contribution in [0.2, 0.25) is 0 Å². The Morgan fingerprint density at radius 2 is 1.27 bits per heavy atom. The zero-order chi connectivity index (χ0) is 25.0. The quantitative estimate of drug-likeness (QED) is 0.175. The van der Waals surface area contributed by atoms with Gasteiger partial charge in [0.05, 0.1) is 14.2 Å². The molecule has 4 heteroatoms.